The van der Waals surface area contributed by atoms with Gasteiger partial charge in [0.15, 0.2) is 0 Å². The van der Waals surface area contributed by atoms with Crippen LogP contribution in [0.2, 0.25) is 0 Å². The van der Waals surface area contributed by atoms with E-state index in [0.717, 1.165) is 45.7 Å². The molecule has 1 unspecified atom stereocenters. The predicted octanol–water partition coefficient (Wildman–Crippen LogP) is 0.356. The summed E-state index contributed by atoms with van der Waals surface area (Å²) >= 11 is 0. The highest BCUT2D eigenvalue weighted by Crippen LogP contribution is 2.20. The van der Waals surface area contributed by atoms with Gasteiger partial charge in [0.1, 0.15) is 0 Å². The first-order chi connectivity index (χ1) is 8.94. The molecule has 2 heterocycles. The molecule has 2 rings (SSSR count). The van der Waals surface area contributed by atoms with Crippen LogP contribution < -0.4 is 10.6 Å². The maximum atomic E-state index is 12.3. The summed E-state index contributed by atoms with van der Waals surface area (Å²) in [5, 5.41) is 6.42. The number of morpholine rings is 1. The molecule has 1 atom stereocenters. The molecule has 2 aliphatic rings. The van der Waals surface area contributed by atoms with E-state index in [0.29, 0.717) is 6.54 Å². The highest BCUT2D eigenvalue weighted by molar-refractivity contribution is 5.86. The smallest absolute Gasteiger partial charge is 0.240 e. The molecule has 0 radical (unpaired) electrons. The third kappa shape index (κ3) is 3.46. The maximum absolute atomic E-state index is 12.3. The first-order valence-electron chi connectivity index (χ1n) is 7.30. The molecule has 5 heteroatoms. The summed E-state index contributed by atoms with van der Waals surface area (Å²) in [6.45, 7) is 11.5. The van der Waals surface area contributed by atoms with Crippen LogP contribution in [0, 0.1) is 0 Å². The number of ether oxygens (including phenoxy) is 1. The Kier molecular flexibility index (Phi) is 4.48. The minimum atomic E-state index is -0.374. The van der Waals surface area contributed by atoms with E-state index < -0.39 is 0 Å². The van der Waals surface area contributed by atoms with E-state index >= 15 is 0 Å². The topological polar surface area (TPSA) is 53.6 Å². The van der Waals surface area contributed by atoms with Gasteiger partial charge in [0.2, 0.25) is 5.91 Å². The lowest BCUT2D eigenvalue weighted by atomic mass is 9.97. The Morgan fingerprint density at radius 2 is 2.11 bits per heavy atom. The lowest BCUT2D eigenvalue weighted by molar-refractivity contribution is -0.127. The standard InChI is InChI=1S/C14H27N3O2/c1-13(2,17-7-9-19-10-8-17)11-15-12(18)14(3)5-4-6-16-14/h16H,4-11H2,1-3H3,(H,15,18). The fourth-order valence-corrected chi connectivity index (χ4v) is 2.86. The largest absolute Gasteiger partial charge is 0.379 e. The number of carbonyl (C=O) groups excluding carboxylic acids is 1. The van der Waals surface area contributed by atoms with Gasteiger partial charge in [-0.25, -0.2) is 0 Å². The zero-order chi connectivity index (χ0) is 13.9. The van der Waals surface area contributed by atoms with Crippen LogP contribution in [0.5, 0.6) is 0 Å². The van der Waals surface area contributed by atoms with Gasteiger partial charge in [-0.2, -0.15) is 0 Å². The third-order valence-corrected chi connectivity index (χ3v) is 4.42. The molecule has 2 aliphatic heterocycles. The van der Waals surface area contributed by atoms with Crippen molar-refractivity contribution in [2.45, 2.75) is 44.7 Å². The summed E-state index contributed by atoms with van der Waals surface area (Å²) < 4.78 is 5.38. The van der Waals surface area contributed by atoms with E-state index in [4.69, 9.17) is 4.74 Å². The van der Waals surface area contributed by atoms with Crippen LogP contribution in [-0.4, -0.2) is 61.3 Å². The first kappa shape index (κ1) is 14.8. The molecule has 1 amide bonds. The molecule has 0 aromatic rings. The summed E-state index contributed by atoms with van der Waals surface area (Å²) in [6.07, 6.45) is 2.01. The number of nitrogens with zero attached hydrogens (tertiary/aromatic N) is 1. The number of carbonyl (C=O) groups is 1. The Morgan fingerprint density at radius 1 is 1.42 bits per heavy atom. The van der Waals surface area contributed by atoms with E-state index in [9.17, 15) is 4.79 Å². The van der Waals surface area contributed by atoms with Gasteiger partial charge in [-0.15, -0.1) is 0 Å². The Hall–Kier alpha value is -0.650. The van der Waals surface area contributed by atoms with Crippen molar-refractivity contribution in [2.75, 3.05) is 39.4 Å². The van der Waals surface area contributed by atoms with Crippen molar-refractivity contribution in [1.29, 1.82) is 0 Å². The Balaban J connectivity index is 1.84. The molecule has 0 aromatic carbocycles. The van der Waals surface area contributed by atoms with Crippen molar-refractivity contribution in [1.82, 2.24) is 15.5 Å². The van der Waals surface area contributed by atoms with E-state index in [2.05, 4.69) is 29.4 Å². The lowest BCUT2D eigenvalue weighted by Crippen LogP contribution is -2.59. The number of amides is 1. The highest BCUT2D eigenvalue weighted by atomic mass is 16.5. The van der Waals surface area contributed by atoms with Gasteiger partial charge in [0.05, 0.1) is 18.8 Å². The van der Waals surface area contributed by atoms with Gasteiger partial charge in [-0.1, -0.05) is 0 Å². The fraction of sp³-hybridized carbons (Fsp3) is 0.929. The lowest BCUT2D eigenvalue weighted by Gasteiger charge is -2.41. The zero-order valence-corrected chi connectivity index (χ0v) is 12.4. The molecule has 19 heavy (non-hydrogen) atoms. The summed E-state index contributed by atoms with van der Waals surface area (Å²) in [4.78, 5) is 14.7. The van der Waals surface area contributed by atoms with Crippen LogP contribution in [0.25, 0.3) is 0 Å². The molecule has 0 aliphatic carbocycles. The monoisotopic (exact) mass is 269 g/mol. The van der Waals surface area contributed by atoms with Crippen molar-refractivity contribution in [3.05, 3.63) is 0 Å². The quantitative estimate of drug-likeness (QED) is 0.773. The van der Waals surface area contributed by atoms with E-state index in [1.54, 1.807) is 0 Å². The molecule has 5 nitrogen and oxygen atoms in total. The zero-order valence-electron chi connectivity index (χ0n) is 12.4. The molecule has 0 bridgehead atoms. The Morgan fingerprint density at radius 3 is 2.68 bits per heavy atom. The van der Waals surface area contributed by atoms with Gasteiger partial charge in [-0.3, -0.25) is 9.69 Å². The summed E-state index contributed by atoms with van der Waals surface area (Å²) in [6, 6.07) is 0. The summed E-state index contributed by atoms with van der Waals surface area (Å²) in [5.74, 6) is 0.131. The molecule has 0 spiro atoms. The predicted molar refractivity (Wildman–Crippen MR) is 75.1 cm³/mol. The van der Waals surface area contributed by atoms with Gasteiger partial charge < -0.3 is 15.4 Å². The maximum Gasteiger partial charge on any atom is 0.240 e. The van der Waals surface area contributed by atoms with Crippen LogP contribution in [-0.2, 0) is 9.53 Å². The number of hydrogen-bond donors (Lipinski definition) is 2. The van der Waals surface area contributed by atoms with Crippen molar-refractivity contribution >= 4 is 5.91 Å². The fourth-order valence-electron chi connectivity index (χ4n) is 2.86. The molecule has 2 fully saturated rings. The normalized spacial score (nSPS) is 29.4. The van der Waals surface area contributed by atoms with E-state index in [1.165, 1.54) is 0 Å². The highest BCUT2D eigenvalue weighted by Gasteiger charge is 2.37. The van der Waals surface area contributed by atoms with Gasteiger partial charge in [-0.05, 0) is 40.2 Å². The average molecular weight is 269 g/mol. The first-order valence-corrected chi connectivity index (χ1v) is 7.30. The average Bonchev–Trinajstić information content (AvgIpc) is 2.85. The second kappa shape index (κ2) is 5.77. The molecular formula is C14H27N3O2. The number of hydrogen-bond acceptors (Lipinski definition) is 4. The molecule has 2 saturated heterocycles. The molecule has 110 valence electrons. The SMILES string of the molecule is CC1(C(=O)NCC(C)(C)N2CCOCC2)CCCN1. The van der Waals surface area contributed by atoms with Crippen LogP contribution in [0.1, 0.15) is 33.6 Å². The summed E-state index contributed by atoms with van der Waals surface area (Å²) in [5.41, 5.74) is -0.393. The van der Waals surface area contributed by atoms with Gasteiger partial charge in [0, 0.05) is 25.2 Å². The van der Waals surface area contributed by atoms with Crippen molar-refractivity contribution in [3.8, 4) is 0 Å². The van der Waals surface area contributed by atoms with E-state index in [1.807, 2.05) is 6.92 Å². The van der Waals surface area contributed by atoms with Crippen LogP contribution in [0.15, 0.2) is 0 Å². The van der Waals surface area contributed by atoms with Crippen LogP contribution >= 0.6 is 0 Å². The second-order valence-electron chi connectivity index (χ2n) is 6.46. The van der Waals surface area contributed by atoms with Gasteiger partial charge >= 0.3 is 0 Å². The minimum absolute atomic E-state index is 0.0194. The van der Waals surface area contributed by atoms with Crippen molar-refractivity contribution in [3.63, 3.8) is 0 Å². The Bertz CT molecular complexity index is 319. The third-order valence-electron chi connectivity index (χ3n) is 4.42. The summed E-state index contributed by atoms with van der Waals surface area (Å²) in [7, 11) is 0. The van der Waals surface area contributed by atoms with Crippen LogP contribution in [0.4, 0.5) is 0 Å². The van der Waals surface area contributed by atoms with Crippen LogP contribution in [0.3, 0.4) is 0 Å². The molecule has 2 N–H and O–H groups in total. The van der Waals surface area contributed by atoms with E-state index in [-0.39, 0.29) is 17.0 Å². The molecular weight excluding hydrogens is 242 g/mol. The Labute approximate surface area is 116 Å². The minimum Gasteiger partial charge on any atom is -0.379 e. The number of nitrogens with one attached hydrogen (secondary N) is 2. The van der Waals surface area contributed by atoms with Gasteiger partial charge in [0.25, 0.3) is 0 Å². The molecule has 0 aromatic heterocycles. The second-order valence-corrected chi connectivity index (χ2v) is 6.46. The van der Waals surface area contributed by atoms with Crippen molar-refractivity contribution < 1.29 is 9.53 Å². The molecule has 0 saturated carbocycles. The number of rotatable bonds is 4. The van der Waals surface area contributed by atoms with Crippen molar-refractivity contribution in [2.24, 2.45) is 0 Å².